The molecule has 0 unspecified atom stereocenters. The molecule has 206 valence electrons. The number of anilines is 3. The second kappa shape index (κ2) is 11.7. The Morgan fingerprint density at radius 1 is 1.00 bits per heavy atom. The Labute approximate surface area is 232 Å². The average Bonchev–Trinajstić information content (AvgIpc) is 3.08. The van der Waals surface area contributed by atoms with Gasteiger partial charge in [0.25, 0.3) is 5.91 Å². The molecule has 1 aromatic heterocycles. The summed E-state index contributed by atoms with van der Waals surface area (Å²) in [5.41, 5.74) is 4.25. The fraction of sp³-hybridized carbons (Fsp3) is 0.452. The molecule has 3 aromatic rings. The molecule has 0 spiro atoms. The van der Waals surface area contributed by atoms with E-state index < -0.39 is 0 Å². The molecule has 2 aliphatic rings. The molecular formula is C31H41N7O. The van der Waals surface area contributed by atoms with Crippen LogP contribution < -0.4 is 15.1 Å². The summed E-state index contributed by atoms with van der Waals surface area (Å²) < 4.78 is 0. The Morgan fingerprint density at radius 3 is 2.49 bits per heavy atom. The summed E-state index contributed by atoms with van der Waals surface area (Å²) in [6, 6.07) is 19.4. The lowest BCUT2D eigenvalue weighted by Crippen LogP contribution is -2.50. The number of nitrogens with one attached hydrogen (secondary N) is 1. The Kier molecular flexibility index (Phi) is 8.14. The molecule has 1 saturated heterocycles. The van der Waals surface area contributed by atoms with Gasteiger partial charge in [-0.2, -0.15) is 4.98 Å². The molecule has 39 heavy (non-hydrogen) atoms. The van der Waals surface area contributed by atoms with Crippen molar-refractivity contribution in [2.24, 2.45) is 0 Å². The lowest BCUT2D eigenvalue weighted by Gasteiger charge is -2.46. The molecule has 2 aromatic carbocycles. The largest absolute Gasteiger partial charge is 0.357 e. The van der Waals surface area contributed by atoms with Crippen LogP contribution in [0, 0.1) is 0 Å². The molecule has 2 aliphatic heterocycles. The number of rotatable bonds is 8. The maximum Gasteiger partial charge on any atom is 0.263 e. The first-order valence-corrected chi connectivity index (χ1v) is 14.1. The third-order valence-electron chi connectivity index (χ3n) is 8.39. The average molecular weight is 528 g/mol. The van der Waals surface area contributed by atoms with E-state index >= 15 is 0 Å². The molecule has 8 heteroatoms. The van der Waals surface area contributed by atoms with E-state index in [9.17, 15) is 4.79 Å². The predicted molar refractivity (Wildman–Crippen MR) is 159 cm³/mol. The second-order valence-electron chi connectivity index (χ2n) is 10.9. The minimum atomic E-state index is -0.0495. The molecule has 0 bridgehead atoms. The van der Waals surface area contributed by atoms with E-state index in [1.165, 1.54) is 11.1 Å². The molecule has 1 amide bonds. The Balaban J connectivity index is 1.25. The van der Waals surface area contributed by atoms with Crippen molar-refractivity contribution in [1.82, 2.24) is 19.8 Å². The summed E-state index contributed by atoms with van der Waals surface area (Å²) in [5, 5.41) is 3.14. The topological polar surface area (TPSA) is 67.8 Å². The van der Waals surface area contributed by atoms with Gasteiger partial charge in [0.15, 0.2) is 0 Å². The Hall–Kier alpha value is -3.49. The molecule has 1 N–H and O–H groups in total. The first-order chi connectivity index (χ1) is 18.9. The number of likely N-dealkylation sites (tertiary alicyclic amines) is 1. The third-order valence-corrected chi connectivity index (χ3v) is 8.39. The fourth-order valence-electron chi connectivity index (χ4n) is 5.96. The summed E-state index contributed by atoms with van der Waals surface area (Å²) in [4.78, 5) is 31.5. The number of carbonyl (C=O) groups is 1. The summed E-state index contributed by atoms with van der Waals surface area (Å²) in [6.07, 6.45) is 4.86. The molecule has 0 aliphatic carbocycles. The highest BCUT2D eigenvalue weighted by Gasteiger charge is 2.38. The van der Waals surface area contributed by atoms with Crippen LogP contribution in [0.1, 0.15) is 41.3 Å². The van der Waals surface area contributed by atoms with Crippen LogP contribution in [0.25, 0.3) is 0 Å². The van der Waals surface area contributed by atoms with Crippen molar-refractivity contribution in [2.45, 2.75) is 31.7 Å². The van der Waals surface area contributed by atoms with Crippen LogP contribution in [0.5, 0.6) is 0 Å². The maximum absolute atomic E-state index is 13.6. The quantitative estimate of drug-likeness (QED) is 0.473. The van der Waals surface area contributed by atoms with Crippen LogP contribution >= 0.6 is 0 Å². The second-order valence-corrected chi connectivity index (χ2v) is 10.9. The fourth-order valence-corrected chi connectivity index (χ4v) is 5.96. The summed E-state index contributed by atoms with van der Waals surface area (Å²) in [5.74, 6) is 1.18. The van der Waals surface area contributed by atoms with Crippen molar-refractivity contribution >= 4 is 23.4 Å². The molecule has 5 rings (SSSR count). The summed E-state index contributed by atoms with van der Waals surface area (Å²) >= 11 is 0. The third kappa shape index (κ3) is 5.63. The van der Waals surface area contributed by atoms with Crippen LogP contribution in [0.4, 0.5) is 17.5 Å². The lowest BCUT2D eigenvalue weighted by atomic mass is 9.80. The van der Waals surface area contributed by atoms with E-state index in [2.05, 4.69) is 87.7 Å². The Morgan fingerprint density at radius 2 is 1.77 bits per heavy atom. The summed E-state index contributed by atoms with van der Waals surface area (Å²) in [7, 11) is 6.40. The highest BCUT2D eigenvalue weighted by Crippen LogP contribution is 2.37. The number of benzene rings is 2. The zero-order valence-corrected chi connectivity index (χ0v) is 23.7. The van der Waals surface area contributed by atoms with Gasteiger partial charge in [-0.1, -0.05) is 42.5 Å². The van der Waals surface area contributed by atoms with Gasteiger partial charge in [-0.15, -0.1) is 0 Å². The number of likely N-dealkylation sites (N-methyl/N-ethyl adjacent to an activating group) is 1. The van der Waals surface area contributed by atoms with Crippen LogP contribution in [0.2, 0.25) is 0 Å². The lowest BCUT2D eigenvalue weighted by molar-refractivity contribution is 0.0544. The first-order valence-electron chi connectivity index (χ1n) is 14.1. The first kappa shape index (κ1) is 27.1. The van der Waals surface area contributed by atoms with E-state index in [0.717, 1.165) is 51.1 Å². The van der Waals surface area contributed by atoms with Crippen LogP contribution in [-0.2, 0) is 12.0 Å². The van der Waals surface area contributed by atoms with Crippen molar-refractivity contribution in [3.63, 3.8) is 0 Å². The molecule has 0 radical (unpaired) electrons. The Bertz CT molecular complexity index is 1270. The number of hydrogen-bond acceptors (Lipinski definition) is 7. The molecule has 0 saturated carbocycles. The minimum Gasteiger partial charge on any atom is -0.357 e. The molecule has 0 atom stereocenters. The van der Waals surface area contributed by atoms with Gasteiger partial charge in [-0.05, 0) is 63.5 Å². The minimum absolute atomic E-state index is 0.0495. The smallest absolute Gasteiger partial charge is 0.263 e. The van der Waals surface area contributed by atoms with Gasteiger partial charge in [0.05, 0.1) is 0 Å². The zero-order valence-electron chi connectivity index (χ0n) is 23.7. The van der Waals surface area contributed by atoms with Crippen LogP contribution in [0.15, 0.2) is 60.8 Å². The highest BCUT2D eigenvalue weighted by molar-refractivity contribution is 6.09. The normalized spacial score (nSPS) is 17.7. The molecule has 1 fully saturated rings. The van der Waals surface area contributed by atoms with Gasteiger partial charge in [0.1, 0.15) is 11.4 Å². The number of carbonyl (C=O) groups excluding carboxylic acids is 1. The van der Waals surface area contributed by atoms with Gasteiger partial charge in [0.2, 0.25) is 5.95 Å². The standard InChI is InChI=1S/C31H41N7O/c1-5-32-30-33-23-27-28(34-30)36(4)20-21-38(29(27)39)26-13-9-10-24(22-26)14-17-37-18-15-31(16-19-37,35(2)3)25-11-7-6-8-12-25/h6-13,22-23H,5,14-21H2,1-4H3,(H,32,33,34). The van der Waals surface area contributed by atoms with Gasteiger partial charge in [-0.25, -0.2) is 4.98 Å². The van der Waals surface area contributed by atoms with Crippen molar-refractivity contribution in [1.29, 1.82) is 0 Å². The van der Waals surface area contributed by atoms with E-state index in [0.29, 0.717) is 30.4 Å². The molecular weight excluding hydrogens is 486 g/mol. The van der Waals surface area contributed by atoms with E-state index in [4.69, 9.17) is 0 Å². The number of aromatic nitrogens is 2. The van der Waals surface area contributed by atoms with Gasteiger partial charge >= 0.3 is 0 Å². The van der Waals surface area contributed by atoms with Crippen molar-refractivity contribution in [2.75, 3.05) is 75.5 Å². The van der Waals surface area contributed by atoms with E-state index in [1.54, 1.807) is 6.20 Å². The zero-order chi connectivity index (χ0) is 27.4. The monoisotopic (exact) mass is 527 g/mol. The number of nitrogens with zero attached hydrogens (tertiary/aromatic N) is 6. The molecule has 3 heterocycles. The van der Waals surface area contributed by atoms with Crippen molar-refractivity contribution in [3.8, 4) is 0 Å². The number of fused-ring (bicyclic) bond motifs is 1. The van der Waals surface area contributed by atoms with Crippen LogP contribution in [-0.4, -0.2) is 86.1 Å². The summed E-state index contributed by atoms with van der Waals surface area (Å²) in [6.45, 7) is 7.22. The van der Waals surface area contributed by atoms with Crippen LogP contribution in [0.3, 0.4) is 0 Å². The van der Waals surface area contributed by atoms with Crippen molar-refractivity contribution < 1.29 is 4.79 Å². The highest BCUT2D eigenvalue weighted by atomic mass is 16.2. The maximum atomic E-state index is 13.6. The van der Waals surface area contributed by atoms with Gasteiger partial charge in [0, 0.05) is 63.7 Å². The predicted octanol–water partition coefficient (Wildman–Crippen LogP) is 4.10. The SMILES string of the molecule is CCNc1ncc2c(n1)N(C)CCN(c1cccc(CCN3CCC(c4ccccc4)(N(C)C)CC3)c1)C2=O. The van der Waals surface area contributed by atoms with E-state index in [1.807, 2.05) is 29.8 Å². The number of piperidine rings is 1. The number of amides is 1. The van der Waals surface area contributed by atoms with Gasteiger partial charge < -0.3 is 20.0 Å². The molecule has 8 nitrogen and oxygen atoms in total. The van der Waals surface area contributed by atoms with Crippen molar-refractivity contribution in [3.05, 3.63) is 77.5 Å². The number of hydrogen-bond donors (Lipinski definition) is 1. The van der Waals surface area contributed by atoms with E-state index in [-0.39, 0.29) is 11.4 Å². The van der Waals surface area contributed by atoms with Gasteiger partial charge in [-0.3, -0.25) is 9.69 Å².